The summed E-state index contributed by atoms with van der Waals surface area (Å²) in [5.74, 6) is 0.270. The Morgan fingerprint density at radius 2 is 2.00 bits per heavy atom. The van der Waals surface area contributed by atoms with Gasteiger partial charge in [-0.2, -0.15) is 0 Å². The summed E-state index contributed by atoms with van der Waals surface area (Å²) in [5, 5.41) is 10.1. The summed E-state index contributed by atoms with van der Waals surface area (Å²) in [6, 6.07) is 13.0. The van der Waals surface area contributed by atoms with Crippen LogP contribution in [0, 0.1) is 6.92 Å². The quantitative estimate of drug-likeness (QED) is 0.755. The lowest BCUT2D eigenvalue weighted by Crippen LogP contribution is -2.04. The van der Waals surface area contributed by atoms with Gasteiger partial charge in [0.1, 0.15) is 17.1 Å². The number of carbonyl (C=O) groups is 1. The molecular formula is C17H16N2O3. The van der Waals surface area contributed by atoms with Gasteiger partial charge in [-0.3, -0.25) is 0 Å². The number of aryl methyl sites for hydroxylation is 1. The van der Waals surface area contributed by atoms with Crippen molar-refractivity contribution in [3.63, 3.8) is 0 Å². The van der Waals surface area contributed by atoms with Gasteiger partial charge in [-0.1, -0.05) is 30.3 Å². The van der Waals surface area contributed by atoms with Crippen LogP contribution < -0.4 is 0 Å². The van der Waals surface area contributed by atoms with E-state index < -0.39 is 5.97 Å². The van der Waals surface area contributed by atoms with Crippen molar-refractivity contribution in [2.24, 2.45) is 0 Å². The third-order valence-corrected chi connectivity index (χ3v) is 3.63. The van der Waals surface area contributed by atoms with Gasteiger partial charge < -0.3 is 14.4 Å². The van der Waals surface area contributed by atoms with Crippen LogP contribution in [0.25, 0.3) is 11.0 Å². The molecule has 0 saturated carbocycles. The molecule has 3 aromatic rings. The normalized spacial score (nSPS) is 10.8. The minimum absolute atomic E-state index is 0.0205. The molecule has 0 atom stereocenters. The Morgan fingerprint density at radius 1 is 1.27 bits per heavy atom. The number of hydrogen-bond donors (Lipinski definition) is 1. The molecule has 0 aliphatic carbocycles. The van der Waals surface area contributed by atoms with E-state index in [0.717, 1.165) is 11.4 Å². The first-order valence-corrected chi connectivity index (χ1v) is 6.92. The molecule has 1 heterocycles. The third kappa shape index (κ3) is 2.41. The van der Waals surface area contributed by atoms with E-state index in [1.807, 2.05) is 41.8 Å². The van der Waals surface area contributed by atoms with E-state index in [4.69, 9.17) is 4.74 Å². The molecule has 1 aromatic heterocycles. The summed E-state index contributed by atoms with van der Waals surface area (Å²) in [6.45, 7) is 2.49. The summed E-state index contributed by atoms with van der Waals surface area (Å²) < 4.78 is 6.69. The number of phenols is 1. The van der Waals surface area contributed by atoms with E-state index in [-0.39, 0.29) is 5.75 Å². The molecule has 0 bridgehead atoms. The molecule has 112 valence electrons. The third-order valence-electron chi connectivity index (χ3n) is 3.63. The van der Waals surface area contributed by atoms with Crippen molar-refractivity contribution in [1.82, 2.24) is 9.55 Å². The maximum absolute atomic E-state index is 11.7. The van der Waals surface area contributed by atoms with Gasteiger partial charge in [0.05, 0.1) is 18.2 Å². The second-order valence-corrected chi connectivity index (χ2v) is 5.09. The first-order valence-electron chi connectivity index (χ1n) is 6.92. The zero-order valence-corrected chi connectivity index (χ0v) is 12.4. The van der Waals surface area contributed by atoms with Crippen LogP contribution in [0.15, 0.2) is 42.5 Å². The zero-order valence-electron chi connectivity index (χ0n) is 12.4. The highest BCUT2D eigenvalue weighted by molar-refractivity contribution is 5.96. The number of fused-ring (bicyclic) bond motifs is 1. The average Bonchev–Trinajstić information content (AvgIpc) is 2.84. The smallest absolute Gasteiger partial charge is 0.338 e. The molecule has 2 aromatic carbocycles. The Labute approximate surface area is 127 Å². The largest absolute Gasteiger partial charge is 0.506 e. The van der Waals surface area contributed by atoms with Crippen molar-refractivity contribution in [2.75, 3.05) is 7.11 Å². The first kappa shape index (κ1) is 14.1. The highest BCUT2D eigenvalue weighted by Gasteiger charge is 2.16. The van der Waals surface area contributed by atoms with Crippen LogP contribution in [0.5, 0.6) is 5.75 Å². The molecule has 0 aliphatic rings. The number of methoxy groups -OCH3 is 1. The number of esters is 1. The number of ether oxygens (including phenoxy) is 1. The van der Waals surface area contributed by atoms with Crippen molar-refractivity contribution in [1.29, 1.82) is 0 Å². The van der Waals surface area contributed by atoms with Crippen LogP contribution >= 0.6 is 0 Å². The SMILES string of the molecule is COC(=O)c1cc(O)c2nc(C)n(Cc3ccccc3)c2c1. The van der Waals surface area contributed by atoms with E-state index in [2.05, 4.69) is 4.98 Å². The van der Waals surface area contributed by atoms with Crippen LogP contribution in [0.2, 0.25) is 0 Å². The maximum atomic E-state index is 11.7. The van der Waals surface area contributed by atoms with Crippen molar-refractivity contribution >= 4 is 17.0 Å². The fourth-order valence-corrected chi connectivity index (χ4v) is 2.52. The molecule has 0 radical (unpaired) electrons. The molecule has 5 heteroatoms. The summed E-state index contributed by atoms with van der Waals surface area (Å²) in [5.41, 5.74) is 2.62. The summed E-state index contributed by atoms with van der Waals surface area (Å²) in [7, 11) is 1.32. The monoisotopic (exact) mass is 296 g/mol. The molecule has 5 nitrogen and oxygen atoms in total. The molecule has 22 heavy (non-hydrogen) atoms. The number of carbonyl (C=O) groups excluding carboxylic acids is 1. The molecule has 0 spiro atoms. The fraction of sp³-hybridized carbons (Fsp3) is 0.176. The lowest BCUT2D eigenvalue weighted by Gasteiger charge is -2.08. The predicted octanol–water partition coefficient (Wildman–Crippen LogP) is 2.89. The molecule has 0 amide bonds. The fourth-order valence-electron chi connectivity index (χ4n) is 2.52. The Kier molecular flexibility index (Phi) is 3.55. The van der Waals surface area contributed by atoms with E-state index in [0.29, 0.717) is 23.1 Å². The molecule has 0 aliphatic heterocycles. The van der Waals surface area contributed by atoms with Gasteiger partial charge in [0.25, 0.3) is 0 Å². The molecule has 0 saturated heterocycles. The number of hydrogen-bond acceptors (Lipinski definition) is 4. The van der Waals surface area contributed by atoms with Crippen LogP contribution in [0.1, 0.15) is 21.7 Å². The number of rotatable bonds is 3. The van der Waals surface area contributed by atoms with Crippen LogP contribution in [-0.4, -0.2) is 27.7 Å². The number of aromatic hydroxyl groups is 1. The zero-order chi connectivity index (χ0) is 15.7. The Bertz CT molecular complexity index is 838. The molecular weight excluding hydrogens is 280 g/mol. The summed E-state index contributed by atoms with van der Waals surface area (Å²) in [6.07, 6.45) is 0. The molecule has 0 fully saturated rings. The van der Waals surface area contributed by atoms with Crippen molar-refractivity contribution < 1.29 is 14.6 Å². The number of aromatic nitrogens is 2. The Morgan fingerprint density at radius 3 is 2.68 bits per heavy atom. The molecule has 1 N–H and O–H groups in total. The van der Waals surface area contributed by atoms with Crippen LogP contribution in [-0.2, 0) is 11.3 Å². The van der Waals surface area contributed by atoms with Gasteiger partial charge in [-0.05, 0) is 24.6 Å². The second kappa shape index (κ2) is 5.52. The molecule has 3 rings (SSSR count). The van der Waals surface area contributed by atoms with Gasteiger partial charge in [0.15, 0.2) is 0 Å². The Hall–Kier alpha value is -2.82. The molecule has 0 unspecified atom stereocenters. The van der Waals surface area contributed by atoms with Gasteiger partial charge in [-0.15, -0.1) is 0 Å². The highest BCUT2D eigenvalue weighted by Crippen LogP contribution is 2.28. The topological polar surface area (TPSA) is 64.3 Å². The van der Waals surface area contributed by atoms with E-state index >= 15 is 0 Å². The maximum Gasteiger partial charge on any atom is 0.338 e. The summed E-state index contributed by atoms with van der Waals surface area (Å²) in [4.78, 5) is 16.1. The lowest BCUT2D eigenvalue weighted by atomic mass is 10.1. The van der Waals surface area contributed by atoms with Gasteiger partial charge in [0.2, 0.25) is 0 Å². The van der Waals surface area contributed by atoms with Crippen LogP contribution in [0.4, 0.5) is 0 Å². The van der Waals surface area contributed by atoms with Gasteiger partial charge in [-0.25, -0.2) is 9.78 Å². The van der Waals surface area contributed by atoms with Gasteiger partial charge >= 0.3 is 5.97 Å². The average molecular weight is 296 g/mol. The van der Waals surface area contributed by atoms with Crippen molar-refractivity contribution in [3.8, 4) is 5.75 Å². The second-order valence-electron chi connectivity index (χ2n) is 5.09. The lowest BCUT2D eigenvalue weighted by molar-refractivity contribution is 0.0600. The Balaban J connectivity index is 2.15. The number of imidazole rings is 1. The van der Waals surface area contributed by atoms with Crippen molar-refractivity contribution in [2.45, 2.75) is 13.5 Å². The van der Waals surface area contributed by atoms with Crippen molar-refractivity contribution in [3.05, 3.63) is 59.4 Å². The first-order chi connectivity index (χ1) is 10.6. The highest BCUT2D eigenvalue weighted by atomic mass is 16.5. The van der Waals surface area contributed by atoms with Crippen LogP contribution in [0.3, 0.4) is 0 Å². The van der Waals surface area contributed by atoms with E-state index in [9.17, 15) is 9.90 Å². The number of phenolic OH excluding ortho intramolecular Hbond substituents is 1. The number of benzene rings is 2. The standard InChI is InChI=1S/C17H16N2O3/c1-11-18-16-14(8-13(9-15(16)20)17(21)22-2)19(11)10-12-6-4-3-5-7-12/h3-9,20H,10H2,1-2H3. The van der Waals surface area contributed by atoms with Gasteiger partial charge in [0, 0.05) is 6.54 Å². The summed E-state index contributed by atoms with van der Waals surface area (Å²) >= 11 is 0. The predicted molar refractivity (Wildman–Crippen MR) is 83.0 cm³/mol. The number of nitrogens with zero attached hydrogens (tertiary/aromatic N) is 2. The van der Waals surface area contributed by atoms with E-state index in [1.54, 1.807) is 6.07 Å². The van der Waals surface area contributed by atoms with E-state index in [1.165, 1.54) is 13.2 Å². The minimum Gasteiger partial charge on any atom is -0.506 e. The minimum atomic E-state index is -0.484.